The normalized spacial score (nSPS) is 17.8. The number of ether oxygens (including phenoxy) is 1. The molecule has 0 saturated carbocycles. The van der Waals surface area contributed by atoms with Crippen molar-refractivity contribution >= 4 is 23.0 Å². The summed E-state index contributed by atoms with van der Waals surface area (Å²) in [5.74, 6) is 2.47. The molecule has 2 atom stereocenters. The molecule has 1 aliphatic heterocycles. The van der Waals surface area contributed by atoms with Crippen LogP contribution in [0.3, 0.4) is 0 Å². The highest BCUT2D eigenvalue weighted by atomic mass is 32.1. The van der Waals surface area contributed by atoms with Gasteiger partial charge in [-0.25, -0.2) is 0 Å². The number of hydrogen-bond acceptors (Lipinski definition) is 4. The van der Waals surface area contributed by atoms with Crippen molar-refractivity contribution in [3.05, 3.63) is 102 Å². The van der Waals surface area contributed by atoms with Crippen molar-refractivity contribution in [3.8, 4) is 17.1 Å². The molecule has 0 radical (unpaired) electrons. The summed E-state index contributed by atoms with van der Waals surface area (Å²) in [7, 11) is 0. The fraction of sp³-hybridized carbons (Fsp3) is 0.185. The molecule has 1 fully saturated rings. The van der Waals surface area contributed by atoms with E-state index >= 15 is 0 Å². The highest BCUT2D eigenvalue weighted by Crippen LogP contribution is 2.43. The van der Waals surface area contributed by atoms with E-state index in [9.17, 15) is 0 Å². The zero-order chi connectivity index (χ0) is 22.8. The summed E-state index contributed by atoms with van der Waals surface area (Å²) in [6.07, 6.45) is 1.81. The van der Waals surface area contributed by atoms with Crippen LogP contribution in [0.1, 0.15) is 36.0 Å². The average molecular weight is 456 g/mol. The second-order valence-corrected chi connectivity index (χ2v) is 8.38. The van der Waals surface area contributed by atoms with Crippen LogP contribution in [0, 0.1) is 6.92 Å². The first-order valence-electron chi connectivity index (χ1n) is 11.0. The van der Waals surface area contributed by atoms with Crippen LogP contribution in [0.25, 0.3) is 11.3 Å². The third kappa shape index (κ3) is 4.22. The Morgan fingerprint density at radius 3 is 2.61 bits per heavy atom. The third-order valence-corrected chi connectivity index (χ3v) is 6.06. The number of benzene rings is 2. The van der Waals surface area contributed by atoms with Crippen LogP contribution in [-0.2, 0) is 0 Å². The Balaban J connectivity index is 1.55. The molecule has 1 aliphatic rings. The van der Waals surface area contributed by atoms with E-state index in [4.69, 9.17) is 21.4 Å². The molecule has 2 aromatic carbocycles. The van der Waals surface area contributed by atoms with Crippen molar-refractivity contribution < 1.29 is 9.15 Å². The number of anilines is 1. The zero-order valence-electron chi connectivity index (χ0n) is 18.6. The largest absolute Gasteiger partial charge is 0.494 e. The molecule has 0 spiro atoms. The van der Waals surface area contributed by atoms with Crippen molar-refractivity contribution in [2.75, 3.05) is 11.5 Å². The van der Waals surface area contributed by atoms with E-state index in [1.807, 2.05) is 67.6 Å². The highest BCUT2D eigenvalue weighted by Gasteiger charge is 2.42. The summed E-state index contributed by atoms with van der Waals surface area (Å²) in [4.78, 5) is 6.73. The van der Waals surface area contributed by atoms with E-state index in [0.29, 0.717) is 11.7 Å². The second kappa shape index (κ2) is 9.08. The number of nitrogens with one attached hydrogen (secondary N) is 1. The number of aromatic nitrogens is 1. The van der Waals surface area contributed by atoms with Gasteiger partial charge in [-0.2, -0.15) is 0 Å². The predicted octanol–water partition coefficient (Wildman–Crippen LogP) is 6.23. The molecule has 0 amide bonds. The Morgan fingerprint density at radius 2 is 1.88 bits per heavy atom. The van der Waals surface area contributed by atoms with Gasteiger partial charge in [0.2, 0.25) is 0 Å². The van der Waals surface area contributed by atoms with Crippen molar-refractivity contribution in [3.63, 3.8) is 0 Å². The summed E-state index contributed by atoms with van der Waals surface area (Å²) in [5, 5.41) is 4.13. The molecule has 0 unspecified atom stereocenters. The van der Waals surface area contributed by atoms with Crippen molar-refractivity contribution in [1.82, 2.24) is 10.3 Å². The number of furan rings is 1. The SMILES string of the molecule is CCOc1ccc(-c2ccc([C@H]3[C@@H](c4ccccn4)NC(=S)N3c3cccc(C)c3)o2)cc1. The minimum Gasteiger partial charge on any atom is -0.494 e. The number of nitrogens with zero attached hydrogens (tertiary/aromatic N) is 2. The molecule has 4 aromatic rings. The van der Waals surface area contributed by atoms with E-state index in [0.717, 1.165) is 34.2 Å². The minimum absolute atomic E-state index is 0.140. The van der Waals surface area contributed by atoms with Gasteiger partial charge >= 0.3 is 0 Å². The molecule has 33 heavy (non-hydrogen) atoms. The fourth-order valence-corrected chi connectivity index (χ4v) is 4.59. The Bertz CT molecular complexity index is 1250. The van der Waals surface area contributed by atoms with Gasteiger partial charge in [-0.1, -0.05) is 18.2 Å². The molecule has 3 heterocycles. The topological polar surface area (TPSA) is 50.5 Å². The van der Waals surface area contributed by atoms with Gasteiger partial charge in [-0.3, -0.25) is 4.98 Å². The summed E-state index contributed by atoms with van der Waals surface area (Å²) in [6.45, 7) is 4.70. The Morgan fingerprint density at radius 1 is 1.03 bits per heavy atom. The number of rotatable bonds is 6. The van der Waals surface area contributed by atoms with E-state index in [1.54, 1.807) is 6.20 Å². The first kappa shape index (κ1) is 21.2. The second-order valence-electron chi connectivity index (χ2n) is 8.00. The lowest BCUT2D eigenvalue weighted by atomic mass is 10.0. The molecule has 1 saturated heterocycles. The molecule has 166 valence electrons. The van der Waals surface area contributed by atoms with Gasteiger partial charge in [0.15, 0.2) is 5.11 Å². The maximum Gasteiger partial charge on any atom is 0.174 e. The molecular weight excluding hydrogens is 430 g/mol. The first-order chi connectivity index (χ1) is 16.1. The quantitative estimate of drug-likeness (QED) is 0.348. The van der Waals surface area contributed by atoms with Gasteiger partial charge in [0, 0.05) is 17.4 Å². The monoisotopic (exact) mass is 455 g/mol. The number of hydrogen-bond donors (Lipinski definition) is 1. The van der Waals surface area contributed by atoms with Crippen LogP contribution >= 0.6 is 12.2 Å². The summed E-state index contributed by atoms with van der Waals surface area (Å²) >= 11 is 5.79. The molecule has 0 aliphatic carbocycles. The molecule has 1 N–H and O–H groups in total. The molecule has 5 nitrogen and oxygen atoms in total. The van der Waals surface area contributed by atoms with Gasteiger partial charge in [-0.15, -0.1) is 0 Å². The van der Waals surface area contributed by atoms with Crippen LogP contribution in [0.5, 0.6) is 5.75 Å². The maximum atomic E-state index is 6.43. The van der Waals surface area contributed by atoms with Crippen LogP contribution < -0.4 is 15.0 Å². The Hall–Kier alpha value is -3.64. The van der Waals surface area contributed by atoms with E-state index in [2.05, 4.69) is 40.3 Å². The maximum absolute atomic E-state index is 6.43. The zero-order valence-corrected chi connectivity index (χ0v) is 19.4. The average Bonchev–Trinajstić information content (AvgIpc) is 3.45. The van der Waals surface area contributed by atoms with Crippen LogP contribution in [0.4, 0.5) is 5.69 Å². The molecule has 6 heteroatoms. The highest BCUT2D eigenvalue weighted by molar-refractivity contribution is 7.80. The minimum atomic E-state index is -0.175. The van der Waals surface area contributed by atoms with Crippen molar-refractivity contribution in [2.45, 2.75) is 25.9 Å². The van der Waals surface area contributed by atoms with Gasteiger partial charge in [-0.05, 0) is 92.3 Å². The first-order valence-corrected chi connectivity index (χ1v) is 11.4. The molecular formula is C27H25N3O2S. The van der Waals surface area contributed by atoms with E-state index in [-0.39, 0.29) is 12.1 Å². The molecule has 5 rings (SSSR count). The lowest BCUT2D eigenvalue weighted by Crippen LogP contribution is -2.29. The molecule has 2 aromatic heterocycles. The Labute approximate surface area is 199 Å². The molecule has 0 bridgehead atoms. The van der Waals surface area contributed by atoms with Crippen molar-refractivity contribution in [2.24, 2.45) is 0 Å². The Kier molecular flexibility index (Phi) is 5.84. The van der Waals surface area contributed by atoms with Crippen molar-refractivity contribution in [1.29, 1.82) is 0 Å². The lowest BCUT2D eigenvalue weighted by molar-refractivity contribution is 0.340. The van der Waals surface area contributed by atoms with E-state index < -0.39 is 0 Å². The van der Waals surface area contributed by atoms with Gasteiger partial charge in [0.05, 0.1) is 18.3 Å². The third-order valence-electron chi connectivity index (χ3n) is 5.75. The van der Waals surface area contributed by atoms with Gasteiger partial charge < -0.3 is 19.4 Å². The predicted molar refractivity (Wildman–Crippen MR) is 134 cm³/mol. The fourth-order valence-electron chi connectivity index (χ4n) is 4.25. The standard InChI is InChI=1S/C27H25N3O2S/c1-3-31-21-12-10-19(11-13-21)23-14-15-24(32-23)26-25(22-9-4-5-16-28-22)29-27(33)30(26)20-8-6-7-18(2)17-20/h4-17,25-26H,3H2,1-2H3,(H,29,33)/t25-,26+/m1/s1. The summed E-state index contributed by atoms with van der Waals surface area (Å²) in [5.41, 5.74) is 4.11. The lowest BCUT2D eigenvalue weighted by Gasteiger charge is -2.26. The summed E-state index contributed by atoms with van der Waals surface area (Å²) < 4.78 is 12.0. The van der Waals surface area contributed by atoms with Crippen LogP contribution in [0.15, 0.2) is 89.5 Å². The summed E-state index contributed by atoms with van der Waals surface area (Å²) in [6, 6.07) is 25.9. The van der Waals surface area contributed by atoms with Crippen LogP contribution in [0.2, 0.25) is 0 Å². The van der Waals surface area contributed by atoms with Gasteiger partial charge in [0.25, 0.3) is 0 Å². The number of pyridine rings is 1. The van der Waals surface area contributed by atoms with E-state index in [1.165, 1.54) is 5.56 Å². The number of aryl methyl sites for hydroxylation is 1. The van der Waals surface area contributed by atoms with Crippen LogP contribution in [-0.4, -0.2) is 16.7 Å². The van der Waals surface area contributed by atoms with Gasteiger partial charge in [0.1, 0.15) is 23.3 Å². The number of thiocarbonyl (C=S) groups is 1. The smallest absolute Gasteiger partial charge is 0.174 e.